The second kappa shape index (κ2) is 4.37. The van der Waals surface area contributed by atoms with Crippen LogP contribution < -0.4 is 5.32 Å². The minimum absolute atomic E-state index is 0.545. The van der Waals surface area contributed by atoms with Crippen LogP contribution in [0.2, 0.25) is 0 Å². The van der Waals surface area contributed by atoms with E-state index < -0.39 is 0 Å². The Hall–Kier alpha value is -1.16. The third-order valence-corrected chi connectivity index (χ3v) is 2.77. The Kier molecular flexibility index (Phi) is 2.93. The van der Waals surface area contributed by atoms with Crippen molar-refractivity contribution in [2.45, 2.75) is 19.4 Å². The van der Waals surface area contributed by atoms with Gasteiger partial charge < -0.3 is 9.88 Å². The highest BCUT2D eigenvalue weighted by molar-refractivity contribution is 5.69. The first-order valence-corrected chi connectivity index (χ1v) is 5.07. The number of aldehydes is 1. The lowest BCUT2D eigenvalue weighted by Gasteiger charge is -2.23. The Morgan fingerprint density at radius 2 is 2.36 bits per heavy atom. The highest BCUT2D eigenvalue weighted by Gasteiger charge is 2.14. The third kappa shape index (κ3) is 2.01. The number of piperidine rings is 1. The van der Waals surface area contributed by atoms with Crippen molar-refractivity contribution < 1.29 is 4.79 Å². The summed E-state index contributed by atoms with van der Waals surface area (Å²) in [5.41, 5.74) is 0. The molecule has 0 aromatic carbocycles. The molecule has 0 spiro atoms. The molecule has 0 amide bonds. The van der Waals surface area contributed by atoms with Crippen LogP contribution in [0, 0.1) is 5.92 Å². The summed E-state index contributed by atoms with van der Waals surface area (Å²) in [6.45, 7) is 3.11. The van der Waals surface area contributed by atoms with Gasteiger partial charge in [-0.15, -0.1) is 0 Å². The number of nitrogens with zero attached hydrogens (tertiary/aromatic N) is 2. The first kappa shape index (κ1) is 9.40. The molecule has 2 heterocycles. The van der Waals surface area contributed by atoms with Gasteiger partial charge in [-0.05, 0) is 31.8 Å². The Bertz CT molecular complexity index is 302. The zero-order valence-electron chi connectivity index (χ0n) is 8.15. The molecule has 1 aromatic heterocycles. The van der Waals surface area contributed by atoms with Crippen molar-refractivity contribution in [1.82, 2.24) is 14.9 Å². The van der Waals surface area contributed by atoms with E-state index in [0.29, 0.717) is 11.7 Å². The van der Waals surface area contributed by atoms with Crippen LogP contribution in [-0.4, -0.2) is 28.9 Å². The lowest BCUT2D eigenvalue weighted by molar-refractivity contribution is 0.110. The molecule has 2 rings (SSSR count). The quantitative estimate of drug-likeness (QED) is 0.719. The van der Waals surface area contributed by atoms with E-state index in [4.69, 9.17) is 0 Å². The lowest BCUT2D eigenvalue weighted by atomic mass is 9.98. The van der Waals surface area contributed by atoms with Gasteiger partial charge in [0.05, 0.1) is 0 Å². The zero-order valence-corrected chi connectivity index (χ0v) is 8.15. The summed E-state index contributed by atoms with van der Waals surface area (Å²) in [7, 11) is 0. The smallest absolute Gasteiger partial charge is 0.185 e. The number of nitrogens with one attached hydrogen (secondary N) is 1. The maximum Gasteiger partial charge on any atom is 0.185 e. The van der Waals surface area contributed by atoms with E-state index in [2.05, 4.69) is 10.3 Å². The van der Waals surface area contributed by atoms with Crippen LogP contribution >= 0.6 is 0 Å². The summed E-state index contributed by atoms with van der Waals surface area (Å²) in [4.78, 5) is 14.6. The molecule has 1 aliphatic heterocycles. The number of rotatable bonds is 3. The topological polar surface area (TPSA) is 46.9 Å². The van der Waals surface area contributed by atoms with E-state index in [0.717, 1.165) is 25.9 Å². The van der Waals surface area contributed by atoms with Crippen LogP contribution in [0.15, 0.2) is 12.4 Å². The Morgan fingerprint density at radius 3 is 3.07 bits per heavy atom. The maximum atomic E-state index is 10.6. The highest BCUT2D eigenvalue weighted by atomic mass is 16.1. The lowest BCUT2D eigenvalue weighted by Crippen LogP contribution is -2.30. The van der Waals surface area contributed by atoms with Crippen LogP contribution in [0.4, 0.5) is 0 Å². The van der Waals surface area contributed by atoms with Crippen molar-refractivity contribution in [1.29, 1.82) is 0 Å². The van der Waals surface area contributed by atoms with Gasteiger partial charge in [0.2, 0.25) is 0 Å². The second-order valence-electron chi connectivity index (χ2n) is 3.75. The van der Waals surface area contributed by atoms with E-state index in [9.17, 15) is 4.79 Å². The number of aromatic nitrogens is 2. The molecule has 1 aromatic rings. The number of hydrogen-bond donors (Lipinski definition) is 1. The van der Waals surface area contributed by atoms with Crippen LogP contribution in [0.5, 0.6) is 0 Å². The summed E-state index contributed by atoms with van der Waals surface area (Å²) in [6.07, 6.45) is 6.77. The molecule has 4 nitrogen and oxygen atoms in total. The Balaban J connectivity index is 1.98. The number of carbonyl (C=O) groups is 1. The fourth-order valence-electron chi connectivity index (χ4n) is 1.94. The molecule has 1 fully saturated rings. The molecule has 1 aliphatic rings. The number of hydrogen-bond acceptors (Lipinski definition) is 3. The van der Waals surface area contributed by atoms with Gasteiger partial charge >= 0.3 is 0 Å². The van der Waals surface area contributed by atoms with E-state index >= 15 is 0 Å². The van der Waals surface area contributed by atoms with E-state index in [1.54, 1.807) is 6.20 Å². The molecule has 76 valence electrons. The molecule has 0 aliphatic carbocycles. The van der Waals surface area contributed by atoms with Gasteiger partial charge in [0.15, 0.2) is 12.1 Å². The van der Waals surface area contributed by atoms with Gasteiger partial charge in [-0.2, -0.15) is 0 Å². The molecule has 1 N–H and O–H groups in total. The zero-order chi connectivity index (χ0) is 9.80. The molecular formula is C10H15N3O. The minimum Gasteiger partial charge on any atom is -0.328 e. The Morgan fingerprint density at radius 1 is 1.57 bits per heavy atom. The predicted molar refractivity (Wildman–Crippen MR) is 53.2 cm³/mol. The molecular weight excluding hydrogens is 178 g/mol. The number of imidazole rings is 1. The average molecular weight is 193 g/mol. The standard InChI is InChI=1S/C10H15N3O/c14-8-10-12-5-6-13(10)7-9-1-3-11-4-2-9/h5-6,8-9,11H,1-4,7H2. The van der Waals surface area contributed by atoms with Crippen LogP contribution in [0.1, 0.15) is 23.5 Å². The van der Waals surface area contributed by atoms with Crippen molar-refractivity contribution in [2.75, 3.05) is 13.1 Å². The highest BCUT2D eigenvalue weighted by Crippen LogP contribution is 2.14. The summed E-state index contributed by atoms with van der Waals surface area (Å²) in [6, 6.07) is 0. The maximum absolute atomic E-state index is 10.6. The monoisotopic (exact) mass is 193 g/mol. The minimum atomic E-state index is 0.545. The van der Waals surface area contributed by atoms with Crippen molar-refractivity contribution >= 4 is 6.29 Å². The molecule has 0 radical (unpaired) electrons. The van der Waals surface area contributed by atoms with Crippen LogP contribution in [0.3, 0.4) is 0 Å². The SMILES string of the molecule is O=Cc1nccn1CC1CCNCC1. The van der Waals surface area contributed by atoms with Gasteiger partial charge in [-0.25, -0.2) is 4.98 Å². The summed E-state index contributed by atoms with van der Waals surface area (Å²) < 4.78 is 1.95. The molecule has 0 bridgehead atoms. The summed E-state index contributed by atoms with van der Waals surface area (Å²) >= 11 is 0. The van der Waals surface area contributed by atoms with Gasteiger partial charge in [0, 0.05) is 18.9 Å². The summed E-state index contributed by atoms with van der Waals surface area (Å²) in [5, 5.41) is 3.33. The molecule has 0 unspecified atom stereocenters. The second-order valence-corrected chi connectivity index (χ2v) is 3.75. The fraction of sp³-hybridized carbons (Fsp3) is 0.600. The molecule has 4 heteroatoms. The Labute approximate surface area is 83.3 Å². The molecule has 1 saturated heterocycles. The van der Waals surface area contributed by atoms with E-state index in [1.807, 2.05) is 10.8 Å². The summed E-state index contributed by atoms with van der Waals surface area (Å²) in [5.74, 6) is 1.23. The average Bonchev–Trinajstić information content (AvgIpc) is 2.67. The van der Waals surface area contributed by atoms with Gasteiger partial charge in [-0.1, -0.05) is 0 Å². The van der Waals surface area contributed by atoms with Crippen molar-refractivity contribution in [2.24, 2.45) is 5.92 Å². The van der Waals surface area contributed by atoms with E-state index in [1.165, 1.54) is 12.8 Å². The van der Waals surface area contributed by atoms with Gasteiger partial charge in [0.25, 0.3) is 0 Å². The fourth-order valence-corrected chi connectivity index (χ4v) is 1.94. The molecule has 0 saturated carbocycles. The van der Waals surface area contributed by atoms with Crippen LogP contribution in [-0.2, 0) is 6.54 Å². The van der Waals surface area contributed by atoms with E-state index in [-0.39, 0.29) is 0 Å². The molecule has 0 atom stereocenters. The largest absolute Gasteiger partial charge is 0.328 e. The third-order valence-electron chi connectivity index (χ3n) is 2.77. The normalized spacial score (nSPS) is 18.3. The first-order valence-electron chi connectivity index (χ1n) is 5.07. The number of carbonyl (C=O) groups excluding carboxylic acids is 1. The van der Waals surface area contributed by atoms with Gasteiger partial charge in [0.1, 0.15) is 0 Å². The first-order chi connectivity index (χ1) is 6.90. The van der Waals surface area contributed by atoms with Crippen LogP contribution in [0.25, 0.3) is 0 Å². The predicted octanol–water partition coefficient (Wildman–Crippen LogP) is 0.695. The van der Waals surface area contributed by atoms with Crippen molar-refractivity contribution in [3.63, 3.8) is 0 Å². The molecule has 14 heavy (non-hydrogen) atoms. The van der Waals surface area contributed by atoms with Crippen molar-refractivity contribution in [3.05, 3.63) is 18.2 Å². The van der Waals surface area contributed by atoms with Gasteiger partial charge in [-0.3, -0.25) is 4.79 Å². The van der Waals surface area contributed by atoms with Crippen molar-refractivity contribution in [3.8, 4) is 0 Å².